The van der Waals surface area contributed by atoms with Gasteiger partial charge in [0.1, 0.15) is 16.9 Å². The summed E-state index contributed by atoms with van der Waals surface area (Å²) in [6.07, 6.45) is 0. The van der Waals surface area contributed by atoms with Crippen molar-refractivity contribution in [1.29, 1.82) is 0 Å². The highest BCUT2D eigenvalue weighted by molar-refractivity contribution is 5.98. The summed E-state index contributed by atoms with van der Waals surface area (Å²) in [4.78, 5) is 12.7. The van der Waals surface area contributed by atoms with Gasteiger partial charge in [0.15, 0.2) is 0 Å². The van der Waals surface area contributed by atoms with E-state index in [4.69, 9.17) is 9.15 Å². The Labute approximate surface area is 140 Å². The van der Waals surface area contributed by atoms with E-state index in [0.717, 1.165) is 22.3 Å². The van der Waals surface area contributed by atoms with Crippen molar-refractivity contribution >= 4 is 16.9 Å². The maximum Gasteiger partial charge on any atom is 0.259 e. The Morgan fingerprint density at radius 1 is 1.33 bits per heavy atom. The minimum atomic E-state index is -0.269. The third-order valence-electron chi connectivity index (χ3n) is 4.21. The molecule has 0 fully saturated rings. The summed E-state index contributed by atoms with van der Waals surface area (Å²) in [5, 5.41) is 8.28. The van der Waals surface area contributed by atoms with Crippen molar-refractivity contribution in [1.82, 2.24) is 15.1 Å². The molecule has 24 heavy (non-hydrogen) atoms. The van der Waals surface area contributed by atoms with Crippen molar-refractivity contribution in [3.05, 3.63) is 46.8 Å². The number of methoxy groups -OCH3 is 1. The number of aryl methyl sites for hydroxylation is 3. The second-order valence-corrected chi connectivity index (χ2v) is 5.88. The summed E-state index contributed by atoms with van der Waals surface area (Å²) >= 11 is 0. The first-order chi connectivity index (χ1) is 11.4. The topological polar surface area (TPSA) is 69.3 Å². The molecular weight excluding hydrogens is 306 g/mol. The SMILES string of the molecule is COc1c(C(=O)N[C@@H](C)c2oc3ccccc3c2C)c(C)nn1C. The molecule has 3 rings (SSSR count). The van der Waals surface area contributed by atoms with Crippen LogP contribution in [0.15, 0.2) is 28.7 Å². The Kier molecular flexibility index (Phi) is 4.05. The van der Waals surface area contributed by atoms with Gasteiger partial charge in [0.2, 0.25) is 5.88 Å². The number of rotatable bonds is 4. The van der Waals surface area contributed by atoms with Gasteiger partial charge in [0.25, 0.3) is 5.91 Å². The molecule has 0 bridgehead atoms. The molecular formula is C18H21N3O3. The number of nitrogens with zero attached hydrogens (tertiary/aromatic N) is 2. The van der Waals surface area contributed by atoms with Crippen LogP contribution in [0.25, 0.3) is 11.0 Å². The third-order valence-corrected chi connectivity index (χ3v) is 4.21. The Morgan fingerprint density at radius 3 is 2.71 bits per heavy atom. The Bertz CT molecular complexity index is 908. The van der Waals surface area contributed by atoms with E-state index in [1.807, 2.05) is 38.1 Å². The van der Waals surface area contributed by atoms with E-state index in [-0.39, 0.29) is 11.9 Å². The molecule has 1 aromatic carbocycles. The first kappa shape index (κ1) is 16.1. The lowest BCUT2D eigenvalue weighted by Crippen LogP contribution is -2.27. The van der Waals surface area contributed by atoms with Crippen LogP contribution in [-0.4, -0.2) is 22.8 Å². The number of amides is 1. The zero-order valence-electron chi connectivity index (χ0n) is 14.5. The molecule has 0 unspecified atom stereocenters. The normalized spacial score (nSPS) is 12.4. The molecule has 6 nitrogen and oxygen atoms in total. The third kappa shape index (κ3) is 2.54. The van der Waals surface area contributed by atoms with Crippen LogP contribution in [-0.2, 0) is 7.05 Å². The summed E-state index contributed by atoms with van der Waals surface area (Å²) < 4.78 is 12.8. The zero-order chi connectivity index (χ0) is 17.4. The number of carbonyl (C=O) groups is 1. The minimum Gasteiger partial charge on any atom is -0.481 e. The number of benzene rings is 1. The van der Waals surface area contributed by atoms with Crippen LogP contribution in [0.5, 0.6) is 5.88 Å². The van der Waals surface area contributed by atoms with Crippen LogP contribution in [0.1, 0.15) is 40.3 Å². The number of nitrogens with one attached hydrogen (secondary N) is 1. The number of aromatic nitrogens is 2. The van der Waals surface area contributed by atoms with Gasteiger partial charge in [-0.3, -0.25) is 4.79 Å². The fourth-order valence-electron chi connectivity index (χ4n) is 3.07. The van der Waals surface area contributed by atoms with Crippen LogP contribution in [0, 0.1) is 13.8 Å². The van der Waals surface area contributed by atoms with Crippen LogP contribution in [0.4, 0.5) is 0 Å². The number of para-hydroxylation sites is 1. The number of hydrogen-bond acceptors (Lipinski definition) is 4. The van der Waals surface area contributed by atoms with E-state index in [1.54, 1.807) is 18.7 Å². The molecule has 1 N–H and O–H groups in total. The molecule has 1 amide bonds. The number of ether oxygens (including phenoxy) is 1. The molecule has 0 aliphatic heterocycles. The molecule has 0 saturated heterocycles. The zero-order valence-corrected chi connectivity index (χ0v) is 14.5. The highest BCUT2D eigenvalue weighted by Crippen LogP contribution is 2.30. The van der Waals surface area contributed by atoms with Crippen molar-refractivity contribution < 1.29 is 13.9 Å². The highest BCUT2D eigenvalue weighted by Gasteiger charge is 2.24. The predicted octanol–water partition coefficient (Wildman–Crippen LogP) is 3.28. The van der Waals surface area contributed by atoms with Crippen molar-refractivity contribution in [2.45, 2.75) is 26.8 Å². The van der Waals surface area contributed by atoms with E-state index >= 15 is 0 Å². The Morgan fingerprint density at radius 2 is 2.04 bits per heavy atom. The average molecular weight is 327 g/mol. The smallest absolute Gasteiger partial charge is 0.259 e. The van der Waals surface area contributed by atoms with E-state index in [2.05, 4.69) is 10.4 Å². The lowest BCUT2D eigenvalue weighted by atomic mass is 10.1. The summed E-state index contributed by atoms with van der Waals surface area (Å²) in [6.45, 7) is 5.69. The molecule has 3 aromatic rings. The summed E-state index contributed by atoms with van der Waals surface area (Å²) in [7, 11) is 3.27. The van der Waals surface area contributed by atoms with E-state index < -0.39 is 0 Å². The Hall–Kier alpha value is -2.76. The maximum absolute atomic E-state index is 12.7. The van der Waals surface area contributed by atoms with Gasteiger partial charge in [0, 0.05) is 18.0 Å². The number of carbonyl (C=O) groups excluding carboxylic acids is 1. The lowest BCUT2D eigenvalue weighted by molar-refractivity contribution is 0.0931. The lowest BCUT2D eigenvalue weighted by Gasteiger charge is -2.13. The molecule has 2 aromatic heterocycles. The molecule has 1 atom stereocenters. The fourth-order valence-corrected chi connectivity index (χ4v) is 3.07. The molecule has 2 heterocycles. The summed E-state index contributed by atoms with van der Waals surface area (Å²) in [5.41, 5.74) is 2.93. The minimum absolute atomic E-state index is 0.232. The van der Waals surface area contributed by atoms with Gasteiger partial charge in [-0.25, -0.2) is 4.68 Å². The van der Waals surface area contributed by atoms with Gasteiger partial charge < -0.3 is 14.5 Å². The molecule has 0 saturated carbocycles. The number of fused-ring (bicyclic) bond motifs is 1. The van der Waals surface area contributed by atoms with Crippen molar-refractivity contribution in [2.24, 2.45) is 7.05 Å². The fraction of sp³-hybridized carbons (Fsp3) is 0.333. The molecule has 0 aliphatic carbocycles. The largest absolute Gasteiger partial charge is 0.481 e. The molecule has 0 radical (unpaired) electrons. The van der Waals surface area contributed by atoms with Crippen LogP contribution in [0.2, 0.25) is 0 Å². The predicted molar refractivity (Wildman–Crippen MR) is 91.3 cm³/mol. The van der Waals surface area contributed by atoms with Crippen molar-refractivity contribution in [3.63, 3.8) is 0 Å². The van der Waals surface area contributed by atoms with E-state index in [0.29, 0.717) is 17.1 Å². The summed E-state index contributed by atoms with van der Waals surface area (Å²) in [6, 6.07) is 7.58. The second kappa shape index (κ2) is 6.03. The standard InChI is InChI=1S/C18H21N3O3/c1-10-13-8-6-7-9-14(13)24-16(10)12(3)19-17(22)15-11(2)20-21(4)18(15)23-5/h6-9,12H,1-5H3,(H,19,22)/t12-/m0/s1. The summed E-state index contributed by atoms with van der Waals surface area (Å²) in [5.74, 6) is 0.966. The van der Waals surface area contributed by atoms with Crippen LogP contribution < -0.4 is 10.1 Å². The molecule has 0 aliphatic rings. The number of hydrogen-bond donors (Lipinski definition) is 1. The van der Waals surface area contributed by atoms with E-state index in [9.17, 15) is 4.79 Å². The van der Waals surface area contributed by atoms with Gasteiger partial charge in [0.05, 0.1) is 18.8 Å². The van der Waals surface area contributed by atoms with Gasteiger partial charge in [-0.05, 0) is 26.8 Å². The molecule has 6 heteroatoms. The monoisotopic (exact) mass is 327 g/mol. The molecule has 126 valence electrons. The van der Waals surface area contributed by atoms with Crippen molar-refractivity contribution in [3.8, 4) is 5.88 Å². The van der Waals surface area contributed by atoms with Crippen LogP contribution in [0.3, 0.4) is 0 Å². The van der Waals surface area contributed by atoms with Gasteiger partial charge in [-0.15, -0.1) is 0 Å². The van der Waals surface area contributed by atoms with Crippen LogP contribution >= 0.6 is 0 Å². The average Bonchev–Trinajstić information content (AvgIpc) is 3.04. The first-order valence-electron chi connectivity index (χ1n) is 7.80. The number of furan rings is 1. The van der Waals surface area contributed by atoms with Gasteiger partial charge in [-0.2, -0.15) is 5.10 Å². The maximum atomic E-state index is 12.7. The van der Waals surface area contributed by atoms with Gasteiger partial charge >= 0.3 is 0 Å². The van der Waals surface area contributed by atoms with E-state index in [1.165, 1.54) is 7.11 Å². The quantitative estimate of drug-likeness (QED) is 0.798. The second-order valence-electron chi connectivity index (χ2n) is 5.88. The van der Waals surface area contributed by atoms with Gasteiger partial charge in [-0.1, -0.05) is 18.2 Å². The highest BCUT2D eigenvalue weighted by atomic mass is 16.5. The van der Waals surface area contributed by atoms with Crippen molar-refractivity contribution in [2.75, 3.05) is 7.11 Å². The molecule has 0 spiro atoms. The first-order valence-corrected chi connectivity index (χ1v) is 7.80. The Balaban J connectivity index is 1.90.